The molecule has 1 aliphatic carbocycles. The molecule has 1 aromatic heterocycles. The number of hydrogen-bond acceptors (Lipinski definition) is 6. The van der Waals surface area contributed by atoms with Gasteiger partial charge in [0.25, 0.3) is 0 Å². The maximum atomic E-state index is 12.3. The Morgan fingerprint density at radius 1 is 1.16 bits per heavy atom. The number of rotatable bonds is 3. The molecule has 0 unspecified atom stereocenters. The lowest BCUT2D eigenvalue weighted by Crippen LogP contribution is -2.36. The van der Waals surface area contributed by atoms with Crippen molar-refractivity contribution in [2.24, 2.45) is 0 Å². The smallest absolute Gasteiger partial charge is 0.204 e. The molecule has 1 aromatic carbocycles. The highest BCUT2D eigenvalue weighted by Gasteiger charge is 2.57. The van der Waals surface area contributed by atoms with E-state index in [0.717, 1.165) is 27.6 Å². The second kappa shape index (κ2) is 4.73. The number of methoxy groups -OCH3 is 3. The molecule has 1 saturated heterocycles. The predicted molar refractivity (Wildman–Crippen MR) is 90.2 cm³/mol. The Hall–Kier alpha value is -2.60. The first-order chi connectivity index (χ1) is 12.1. The van der Waals surface area contributed by atoms with Crippen LogP contribution in [0.4, 0.5) is 0 Å². The Balaban J connectivity index is 1.96. The second-order valence-electron chi connectivity index (χ2n) is 6.54. The predicted octanol–water partition coefficient (Wildman–Crippen LogP) is 2.61. The minimum Gasteiger partial charge on any atom is -0.492 e. The highest BCUT2D eigenvalue weighted by molar-refractivity contribution is 6.11. The summed E-state index contributed by atoms with van der Waals surface area (Å²) in [4.78, 5) is 16.9. The lowest BCUT2D eigenvalue weighted by molar-refractivity contribution is -0.137. The van der Waals surface area contributed by atoms with Gasteiger partial charge in [0.2, 0.25) is 5.75 Å². The number of Topliss-reactive ketones (excluding diaryl/α,β-unsaturated/α-hetero) is 1. The van der Waals surface area contributed by atoms with Gasteiger partial charge in [-0.25, -0.2) is 0 Å². The average Bonchev–Trinajstić information content (AvgIpc) is 3.02. The van der Waals surface area contributed by atoms with E-state index in [1.165, 1.54) is 0 Å². The molecule has 6 nitrogen and oxygen atoms in total. The summed E-state index contributed by atoms with van der Waals surface area (Å²) in [6.45, 7) is 0. The maximum Gasteiger partial charge on any atom is 0.204 e. The minimum absolute atomic E-state index is 0.187. The molecule has 5 rings (SSSR count). The number of carbonyl (C=O) groups excluding carboxylic acids is 1. The van der Waals surface area contributed by atoms with Gasteiger partial charge < -0.3 is 18.9 Å². The fourth-order valence-electron chi connectivity index (χ4n) is 4.54. The van der Waals surface area contributed by atoms with Gasteiger partial charge >= 0.3 is 0 Å². The van der Waals surface area contributed by atoms with E-state index in [-0.39, 0.29) is 11.9 Å². The van der Waals surface area contributed by atoms with Crippen LogP contribution in [0.25, 0.3) is 16.3 Å². The second-order valence-corrected chi connectivity index (χ2v) is 6.54. The summed E-state index contributed by atoms with van der Waals surface area (Å²) in [6, 6.07) is 1.89. The lowest BCUT2D eigenvalue weighted by atomic mass is 9.88. The van der Waals surface area contributed by atoms with E-state index >= 15 is 0 Å². The van der Waals surface area contributed by atoms with Crippen molar-refractivity contribution in [3.63, 3.8) is 0 Å². The van der Waals surface area contributed by atoms with Crippen LogP contribution >= 0.6 is 0 Å². The third-order valence-electron chi connectivity index (χ3n) is 5.36. The van der Waals surface area contributed by atoms with Crippen molar-refractivity contribution in [2.75, 3.05) is 21.3 Å². The van der Waals surface area contributed by atoms with E-state index < -0.39 is 5.60 Å². The number of ether oxygens (including phenoxy) is 4. The Bertz CT molecular complexity index is 980. The van der Waals surface area contributed by atoms with Gasteiger partial charge in [-0.05, 0) is 12.1 Å². The van der Waals surface area contributed by atoms with Crippen molar-refractivity contribution in [3.8, 4) is 17.2 Å². The van der Waals surface area contributed by atoms with Crippen molar-refractivity contribution in [3.05, 3.63) is 29.6 Å². The molecule has 2 bridgehead atoms. The molecule has 1 spiro atoms. The zero-order valence-electron chi connectivity index (χ0n) is 14.2. The molecule has 0 N–H and O–H groups in total. The summed E-state index contributed by atoms with van der Waals surface area (Å²) >= 11 is 0. The van der Waals surface area contributed by atoms with Gasteiger partial charge in [0.1, 0.15) is 11.4 Å². The molecule has 6 heteroatoms. The Morgan fingerprint density at radius 2 is 1.92 bits per heavy atom. The van der Waals surface area contributed by atoms with Crippen LogP contribution < -0.4 is 14.2 Å². The number of benzene rings is 1. The van der Waals surface area contributed by atoms with Crippen molar-refractivity contribution in [2.45, 2.75) is 24.5 Å². The van der Waals surface area contributed by atoms with E-state index in [4.69, 9.17) is 18.9 Å². The number of hydrogen-bond donors (Lipinski definition) is 0. The zero-order valence-corrected chi connectivity index (χ0v) is 14.2. The number of carbonyl (C=O) groups is 1. The maximum absolute atomic E-state index is 12.3. The van der Waals surface area contributed by atoms with Crippen molar-refractivity contribution in [1.29, 1.82) is 0 Å². The van der Waals surface area contributed by atoms with Crippen molar-refractivity contribution in [1.82, 2.24) is 4.98 Å². The summed E-state index contributed by atoms with van der Waals surface area (Å²) < 4.78 is 23.2. The highest BCUT2D eigenvalue weighted by Crippen LogP contribution is 2.63. The molecule has 128 valence electrons. The average molecular weight is 339 g/mol. The van der Waals surface area contributed by atoms with E-state index in [9.17, 15) is 4.79 Å². The van der Waals surface area contributed by atoms with Gasteiger partial charge in [0, 0.05) is 40.9 Å². The standard InChI is InChI=1S/C19H17NO5/c1-22-15-11-4-5-20-18-13(11)14(16(23-2)17(15)24-3)12-7-10-6-9(21)8-19(12,18)25-10/h4-5,7,10H,6,8H2,1-3H3/t10-,19+/m1/s1. The first-order valence-corrected chi connectivity index (χ1v) is 8.18. The van der Waals surface area contributed by atoms with Crippen LogP contribution in [0, 0.1) is 0 Å². The summed E-state index contributed by atoms with van der Waals surface area (Å²) in [7, 11) is 4.80. The van der Waals surface area contributed by atoms with Crippen LogP contribution in [0.5, 0.6) is 17.2 Å². The normalized spacial score (nSPS) is 25.8. The summed E-state index contributed by atoms with van der Waals surface area (Å²) in [6.07, 6.45) is 4.26. The fraction of sp³-hybridized carbons (Fsp3) is 0.368. The fourth-order valence-corrected chi connectivity index (χ4v) is 4.54. The quantitative estimate of drug-likeness (QED) is 0.856. The topological polar surface area (TPSA) is 66.9 Å². The number of aromatic nitrogens is 1. The van der Waals surface area contributed by atoms with Crippen molar-refractivity contribution < 1.29 is 23.7 Å². The number of nitrogens with zero attached hydrogens (tertiary/aromatic N) is 1. The summed E-state index contributed by atoms with van der Waals surface area (Å²) in [5.74, 6) is 1.91. The van der Waals surface area contributed by atoms with Gasteiger partial charge in [-0.3, -0.25) is 9.78 Å². The van der Waals surface area contributed by atoms with E-state index in [2.05, 4.69) is 4.98 Å². The van der Waals surface area contributed by atoms with Crippen LogP contribution in [0.15, 0.2) is 18.3 Å². The summed E-state index contributed by atoms with van der Waals surface area (Å²) in [5, 5.41) is 1.79. The molecule has 0 radical (unpaired) electrons. The zero-order chi connectivity index (χ0) is 17.3. The van der Waals surface area contributed by atoms with Gasteiger partial charge in [0.15, 0.2) is 11.5 Å². The van der Waals surface area contributed by atoms with Crippen LogP contribution in [0.3, 0.4) is 0 Å². The molecule has 0 saturated carbocycles. The third-order valence-corrected chi connectivity index (χ3v) is 5.36. The number of fused-ring (bicyclic) bond motifs is 2. The lowest BCUT2D eigenvalue weighted by Gasteiger charge is -2.32. The third kappa shape index (κ3) is 1.58. The molecule has 2 atom stereocenters. The van der Waals surface area contributed by atoms with Gasteiger partial charge in [-0.15, -0.1) is 0 Å². The molecule has 2 aliphatic heterocycles. The SMILES string of the molecule is COc1c(OC)c2c3c(nccc3c1OC)[C@]13CC(=O)C[C@H](C=C21)O3. The number of pyridine rings is 1. The first-order valence-electron chi connectivity index (χ1n) is 8.18. The molecular formula is C19H17NO5. The van der Waals surface area contributed by atoms with Gasteiger partial charge in [0.05, 0.1) is 33.1 Å². The highest BCUT2D eigenvalue weighted by atomic mass is 16.5. The molecule has 1 fully saturated rings. The Labute approximate surface area is 144 Å². The Kier molecular flexibility index (Phi) is 2.78. The number of ketones is 1. The summed E-state index contributed by atoms with van der Waals surface area (Å²) in [5.41, 5.74) is 1.81. The molecule has 3 heterocycles. The molecule has 25 heavy (non-hydrogen) atoms. The van der Waals surface area contributed by atoms with E-state index in [1.807, 2.05) is 12.1 Å². The van der Waals surface area contributed by atoms with Crippen LogP contribution in [-0.2, 0) is 15.1 Å². The van der Waals surface area contributed by atoms with Crippen LogP contribution in [-0.4, -0.2) is 38.2 Å². The van der Waals surface area contributed by atoms with Gasteiger partial charge in [-0.2, -0.15) is 0 Å². The largest absolute Gasteiger partial charge is 0.492 e. The van der Waals surface area contributed by atoms with Crippen LogP contribution in [0.2, 0.25) is 0 Å². The van der Waals surface area contributed by atoms with Crippen LogP contribution in [0.1, 0.15) is 24.1 Å². The minimum atomic E-state index is -0.813. The molecule has 2 aromatic rings. The first kappa shape index (κ1) is 14.7. The molecule has 3 aliphatic rings. The monoisotopic (exact) mass is 339 g/mol. The molecule has 0 amide bonds. The van der Waals surface area contributed by atoms with Gasteiger partial charge in [-0.1, -0.05) is 0 Å². The van der Waals surface area contributed by atoms with E-state index in [0.29, 0.717) is 30.1 Å². The molecular weight excluding hydrogens is 322 g/mol. The Morgan fingerprint density at radius 3 is 2.64 bits per heavy atom. The van der Waals surface area contributed by atoms with Crippen molar-refractivity contribution >= 4 is 22.1 Å². The van der Waals surface area contributed by atoms with E-state index in [1.54, 1.807) is 27.5 Å².